The molecule has 0 aromatic rings. The summed E-state index contributed by atoms with van der Waals surface area (Å²) in [4.78, 5) is 0. The molecule has 0 amide bonds. The molecule has 0 unspecified atom stereocenters. The van der Waals surface area contributed by atoms with Crippen LogP contribution in [-0.4, -0.2) is 50.9 Å². The van der Waals surface area contributed by atoms with Crippen LogP contribution in [-0.2, 0) is 4.74 Å². The number of rotatable bonds is 0. The van der Waals surface area contributed by atoms with Gasteiger partial charge in [-0.3, -0.25) is 0 Å². The smallest absolute Gasteiger partial charge is 0.0466 e. The largest absolute Gasteiger partial charge is 0.381 e. The van der Waals surface area contributed by atoms with E-state index in [9.17, 15) is 0 Å². The molecule has 0 aliphatic carbocycles. The monoisotopic (exact) mass is 86.1 g/mol. The quantitative estimate of drug-likeness (QED) is 0.378. The van der Waals surface area contributed by atoms with Gasteiger partial charge in [0.15, 0.2) is 0 Å². The van der Waals surface area contributed by atoms with Crippen LogP contribution in [0.15, 0.2) is 0 Å². The maximum absolute atomic E-state index is 4.94. The van der Waals surface area contributed by atoms with E-state index in [1.165, 1.54) is 12.8 Å². The second kappa shape index (κ2) is 7.15. The summed E-state index contributed by atoms with van der Waals surface area (Å²) in [6, 6.07) is 0. The Balaban J connectivity index is 0. The SMILES string of the molecule is C1CCOC1.[Li].[Li]. The van der Waals surface area contributed by atoms with Crippen LogP contribution in [0.25, 0.3) is 0 Å². The zero-order valence-corrected chi connectivity index (χ0v) is 5.24. The molecule has 0 N–H and O–H groups in total. The van der Waals surface area contributed by atoms with E-state index in [1.54, 1.807) is 0 Å². The van der Waals surface area contributed by atoms with Crippen LogP contribution in [0.4, 0.5) is 0 Å². The van der Waals surface area contributed by atoms with Crippen molar-refractivity contribution in [1.82, 2.24) is 0 Å². The van der Waals surface area contributed by atoms with Crippen LogP contribution < -0.4 is 0 Å². The fourth-order valence-electron chi connectivity index (χ4n) is 0.510. The van der Waals surface area contributed by atoms with Gasteiger partial charge in [0.25, 0.3) is 0 Å². The molecule has 1 saturated heterocycles. The van der Waals surface area contributed by atoms with E-state index in [4.69, 9.17) is 4.74 Å². The third kappa shape index (κ3) is 5.02. The molecule has 2 radical (unpaired) electrons. The van der Waals surface area contributed by atoms with E-state index < -0.39 is 0 Å². The zero-order chi connectivity index (χ0) is 3.54. The van der Waals surface area contributed by atoms with Gasteiger partial charge < -0.3 is 4.74 Å². The fraction of sp³-hybridized carbons (Fsp3) is 1.00. The normalized spacial score (nSPS) is 17.1. The Kier molecular flexibility index (Phi) is 11.3. The molecule has 32 valence electrons. The summed E-state index contributed by atoms with van der Waals surface area (Å²) in [6.45, 7) is 2.00. The van der Waals surface area contributed by atoms with Crippen LogP contribution in [0.5, 0.6) is 0 Å². The van der Waals surface area contributed by atoms with E-state index >= 15 is 0 Å². The van der Waals surface area contributed by atoms with Gasteiger partial charge in [0.1, 0.15) is 0 Å². The van der Waals surface area contributed by atoms with Crippen LogP contribution in [0, 0.1) is 0 Å². The van der Waals surface area contributed by atoms with Crippen molar-refractivity contribution in [2.45, 2.75) is 12.8 Å². The summed E-state index contributed by atoms with van der Waals surface area (Å²) in [5.41, 5.74) is 0. The second-order valence-corrected chi connectivity index (χ2v) is 1.32. The Morgan fingerprint density at radius 3 is 1.43 bits per heavy atom. The zero-order valence-electron chi connectivity index (χ0n) is 5.24. The average Bonchev–Trinajstić information content (AvgIpc) is 1.76. The molecular weight excluding hydrogens is 77.9 g/mol. The average molecular weight is 86.0 g/mol. The standard InChI is InChI=1S/C4H8O.2Li/c1-2-4-5-3-1;;/h1-4H2;;. The number of hydrogen-bond acceptors (Lipinski definition) is 1. The minimum Gasteiger partial charge on any atom is -0.381 e. The minimum absolute atomic E-state index is 0. The van der Waals surface area contributed by atoms with Crippen molar-refractivity contribution in [3.63, 3.8) is 0 Å². The van der Waals surface area contributed by atoms with E-state index in [2.05, 4.69) is 0 Å². The molecule has 0 saturated carbocycles. The Hall–Kier alpha value is 1.15. The van der Waals surface area contributed by atoms with Crippen LogP contribution >= 0.6 is 0 Å². The Labute approximate surface area is 68.5 Å². The predicted molar refractivity (Wildman–Crippen MR) is 31.6 cm³/mol. The van der Waals surface area contributed by atoms with Crippen molar-refractivity contribution < 1.29 is 4.74 Å². The summed E-state index contributed by atoms with van der Waals surface area (Å²) in [7, 11) is 0. The molecule has 0 aromatic heterocycles. The molecule has 1 aliphatic heterocycles. The second-order valence-electron chi connectivity index (χ2n) is 1.32. The Bertz CT molecular complexity index is 21.3. The Morgan fingerprint density at radius 1 is 0.857 bits per heavy atom. The first-order valence-corrected chi connectivity index (χ1v) is 2.08. The first-order chi connectivity index (χ1) is 2.50. The summed E-state index contributed by atoms with van der Waals surface area (Å²) in [5, 5.41) is 0. The molecule has 3 heteroatoms. The van der Waals surface area contributed by atoms with Gasteiger partial charge in [-0.1, -0.05) is 0 Å². The molecule has 1 heterocycles. The van der Waals surface area contributed by atoms with Gasteiger partial charge in [-0.05, 0) is 12.8 Å². The van der Waals surface area contributed by atoms with Crippen LogP contribution in [0.1, 0.15) is 12.8 Å². The minimum atomic E-state index is 0. The number of hydrogen-bond donors (Lipinski definition) is 0. The van der Waals surface area contributed by atoms with Gasteiger partial charge in [0.2, 0.25) is 0 Å². The van der Waals surface area contributed by atoms with Gasteiger partial charge in [-0.2, -0.15) is 0 Å². The van der Waals surface area contributed by atoms with Crippen LogP contribution in [0.2, 0.25) is 0 Å². The first-order valence-electron chi connectivity index (χ1n) is 2.08. The summed E-state index contributed by atoms with van der Waals surface area (Å²) < 4.78 is 4.94. The van der Waals surface area contributed by atoms with Crippen molar-refractivity contribution in [2.24, 2.45) is 0 Å². The van der Waals surface area contributed by atoms with E-state index in [0.29, 0.717) is 0 Å². The fourth-order valence-corrected chi connectivity index (χ4v) is 0.510. The van der Waals surface area contributed by atoms with E-state index in [0.717, 1.165) is 13.2 Å². The Morgan fingerprint density at radius 2 is 1.29 bits per heavy atom. The molecule has 1 aliphatic rings. The molecule has 7 heavy (non-hydrogen) atoms. The molecule has 1 rings (SSSR count). The maximum atomic E-state index is 4.94. The molecule has 0 spiro atoms. The van der Waals surface area contributed by atoms with Gasteiger partial charge in [-0.15, -0.1) is 0 Å². The van der Waals surface area contributed by atoms with Crippen molar-refractivity contribution in [3.05, 3.63) is 0 Å². The van der Waals surface area contributed by atoms with Gasteiger partial charge in [0, 0.05) is 50.9 Å². The molecular formula is C4H8Li2O. The molecule has 1 fully saturated rings. The van der Waals surface area contributed by atoms with E-state index in [1.807, 2.05) is 0 Å². The summed E-state index contributed by atoms with van der Waals surface area (Å²) >= 11 is 0. The van der Waals surface area contributed by atoms with Crippen LogP contribution in [0.3, 0.4) is 0 Å². The van der Waals surface area contributed by atoms with Crippen molar-refractivity contribution in [3.8, 4) is 0 Å². The van der Waals surface area contributed by atoms with Gasteiger partial charge >= 0.3 is 0 Å². The molecule has 0 bridgehead atoms. The van der Waals surface area contributed by atoms with Crippen molar-refractivity contribution in [1.29, 1.82) is 0 Å². The van der Waals surface area contributed by atoms with Crippen molar-refractivity contribution in [2.75, 3.05) is 13.2 Å². The summed E-state index contributed by atoms with van der Waals surface area (Å²) in [6.07, 6.45) is 2.56. The summed E-state index contributed by atoms with van der Waals surface area (Å²) in [5.74, 6) is 0. The topological polar surface area (TPSA) is 9.23 Å². The maximum Gasteiger partial charge on any atom is 0.0466 e. The number of ether oxygens (including phenoxy) is 1. The van der Waals surface area contributed by atoms with Gasteiger partial charge in [-0.25, -0.2) is 0 Å². The molecule has 0 atom stereocenters. The molecule has 1 nitrogen and oxygen atoms in total. The molecule has 0 aromatic carbocycles. The third-order valence-electron chi connectivity index (χ3n) is 0.827. The predicted octanol–water partition coefficient (Wildman–Crippen LogP) is 0.0352. The van der Waals surface area contributed by atoms with Gasteiger partial charge in [0.05, 0.1) is 0 Å². The first kappa shape index (κ1) is 11.0. The van der Waals surface area contributed by atoms with Crippen molar-refractivity contribution >= 4 is 37.7 Å². The van der Waals surface area contributed by atoms with E-state index in [-0.39, 0.29) is 37.7 Å². The third-order valence-corrected chi connectivity index (χ3v) is 0.827.